The summed E-state index contributed by atoms with van der Waals surface area (Å²) in [4.78, 5) is 1.60. The monoisotopic (exact) mass is 303 g/mol. The van der Waals surface area contributed by atoms with Gasteiger partial charge in [0.1, 0.15) is 0 Å². The average molecular weight is 303 g/mol. The van der Waals surface area contributed by atoms with Crippen molar-refractivity contribution in [2.45, 2.75) is 24.8 Å². The molecule has 0 spiro atoms. The van der Waals surface area contributed by atoms with Crippen molar-refractivity contribution in [1.29, 1.82) is 0 Å². The summed E-state index contributed by atoms with van der Waals surface area (Å²) < 4.78 is 92.8. The van der Waals surface area contributed by atoms with Gasteiger partial charge in [-0.3, -0.25) is 0 Å². The van der Waals surface area contributed by atoms with E-state index in [1.165, 1.54) is 25.9 Å². The standard InChI is InChI=1S/C6H13NO.C2BF8/c1-8-6-7-4-2-3-5-7;4-1(5,2(6,7)8)3(9,10)11/h2-6H2,1H3;/q;-1/p+1. The Hall–Kier alpha value is -0.575. The second-order valence-electron chi connectivity index (χ2n) is 4.09. The van der Waals surface area contributed by atoms with Crippen molar-refractivity contribution in [1.82, 2.24) is 0 Å². The van der Waals surface area contributed by atoms with E-state index in [0.29, 0.717) is 0 Å². The molecule has 0 aromatic heterocycles. The Morgan fingerprint density at radius 2 is 1.42 bits per heavy atom. The molecule has 0 atom stereocenters. The van der Waals surface area contributed by atoms with E-state index in [1.807, 2.05) is 0 Å². The van der Waals surface area contributed by atoms with Crippen LogP contribution in [0.15, 0.2) is 0 Å². The SMILES string of the molecule is COC[NH+]1CCCC1.F[B-](F)(F)C(F)(F)C(F)(F)F. The van der Waals surface area contributed by atoms with Crippen molar-refractivity contribution in [3.05, 3.63) is 0 Å². The topological polar surface area (TPSA) is 13.7 Å². The molecule has 0 aliphatic carbocycles. The quantitative estimate of drug-likeness (QED) is 0.620. The molecule has 0 saturated carbocycles. The van der Waals surface area contributed by atoms with Gasteiger partial charge >= 0.3 is 19.0 Å². The van der Waals surface area contributed by atoms with Crippen molar-refractivity contribution in [3.63, 3.8) is 0 Å². The van der Waals surface area contributed by atoms with Gasteiger partial charge in [0, 0.05) is 20.0 Å². The fraction of sp³-hybridized carbons (Fsp3) is 1.00. The van der Waals surface area contributed by atoms with E-state index in [0.717, 1.165) is 6.73 Å². The molecule has 19 heavy (non-hydrogen) atoms. The second kappa shape index (κ2) is 6.73. The van der Waals surface area contributed by atoms with Crippen molar-refractivity contribution in [2.24, 2.45) is 0 Å². The molecule has 11 heteroatoms. The molecule has 2 nitrogen and oxygen atoms in total. The summed E-state index contributed by atoms with van der Waals surface area (Å²) in [6.45, 7) is -3.68. The van der Waals surface area contributed by atoms with Crippen LogP contribution < -0.4 is 4.90 Å². The molecule has 1 rings (SSSR count). The molecular formula is C8H14BF8NO. The zero-order chi connectivity index (χ0) is 15.3. The number of alkyl halides is 5. The molecule has 1 N–H and O–H groups in total. The number of rotatable bonds is 3. The van der Waals surface area contributed by atoms with Gasteiger partial charge in [0.2, 0.25) is 0 Å². The second-order valence-corrected chi connectivity index (χ2v) is 4.09. The number of likely N-dealkylation sites (tertiary alicyclic amines) is 1. The lowest BCUT2D eigenvalue weighted by molar-refractivity contribution is -0.907. The van der Waals surface area contributed by atoms with E-state index in [9.17, 15) is 34.9 Å². The van der Waals surface area contributed by atoms with Crippen molar-refractivity contribution < 1.29 is 44.5 Å². The molecule has 0 amide bonds. The van der Waals surface area contributed by atoms with Crippen LogP contribution in [0.5, 0.6) is 0 Å². The van der Waals surface area contributed by atoms with Crippen LogP contribution in [-0.2, 0) is 4.74 Å². The third-order valence-electron chi connectivity index (χ3n) is 2.45. The Kier molecular flexibility index (Phi) is 6.53. The van der Waals surface area contributed by atoms with Gasteiger partial charge in [-0.15, -0.1) is 0 Å². The van der Waals surface area contributed by atoms with E-state index in [2.05, 4.69) is 0 Å². The van der Waals surface area contributed by atoms with Gasteiger partial charge in [-0.05, 0) is 0 Å². The first kappa shape index (κ1) is 18.4. The maximum absolute atomic E-state index is 11.2. The Morgan fingerprint density at radius 3 is 1.63 bits per heavy atom. The maximum atomic E-state index is 11.2. The van der Waals surface area contributed by atoms with Crippen molar-refractivity contribution in [3.8, 4) is 0 Å². The van der Waals surface area contributed by atoms with E-state index in [1.54, 1.807) is 12.0 Å². The molecule has 1 aliphatic heterocycles. The number of ether oxygens (including phenoxy) is 1. The summed E-state index contributed by atoms with van der Waals surface area (Å²) in [6, 6.07) is 0. The molecule has 0 aromatic rings. The van der Waals surface area contributed by atoms with Gasteiger partial charge in [-0.1, -0.05) is 0 Å². The predicted molar refractivity (Wildman–Crippen MR) is 51.9 cm³/mol. The molecule has 1 fully saturated rings. The third kappa shape index (κ3) is 5.51. The molecule has 1 saturated heterocycles. The Balaban J connectivity index is 0.000000356. The zero-order valence-electron chi connectivity index (χ0n) is 10.0. The Morgan fingerprint density at radius 1 is 1.00 bits per heavy atom. The van der Waals surface area contributed by atoms with Crippen molar-refractivity contribution >= 4 is 6.98 Å². The third-order valence-corrected chi connectivity index (χ3v) is 2.45. The minimum atomic E-state index is -7.21. The summed E-state index contributed by atoms with van der Waals surface area (Å²) in [6.07, 6.45) is -3.78. The summed E-state index contributed by atoms with van der Waals surface area (Å²) >= 11 is 0. The van der Waals surface area contributed by atoms with E-state index in [4.69, 9.17) is 4.74 Å². The van der Waals surface area contributed by atoms with Crippen LogP contribution in [0, 0.1) is 0 Å². The number of hydrogen-bond acceptors (Lipinski definition) is 1. The van der Waals surface area contributed by atoms with E-state index < -0.39 is 19.0 Å². The van der Waals surface area contributed by atoms with Gasteiger partial charge in [0.05, 0.1) is 13.1 Å². The lowest BCUT2D eigenvalue weighted by Gasteiger charge is -2.28. The first-order valence-corrected chi connectivity index (χ1v) is 5.40. The average Bonchev–Trinajstić information content (AvgIpc) is 2.68. The lowest BCUT2D eigenvalue weighted by Crippen LogP contribution is -3.10. The molecule has 0 unspecified atom stereocenters. The molecule has 1 aliphatic rings. The molecule has 0 bridgehead atoms. The van der Waals surface area contributed by atoms with Gasteiger partial charge < -0.3 is 22.6 Å². The predicted octanol–water partition coefficient (Wildman–Crippen LogP) is 1.84. The van der Waals surface area contributed by atoms with Gasteiger partial charge in [0.25, 0.3) is 0 Å². The van der Waals surface area contributed by atoms with Gasteiger partial charge in [-0.25, -0.2) is 8.78 Å². The molecular weight excluding hydrogens is 289 g/mol. The fourth-order valence-electron chi connectivity index (χ4n) is 1.41. The minimum Gasteiger partial charge on any atom is -0.445 e. The highest BCUT2D eigenvalue weighted by Crippen LogP contribution is 2.43. The van der Waals surface area contributed by atoms with Crippen LogP contribution in [-0.4, -0.2) is 45.9 Å². The van der Waals surface area contributed by atoms with Crippen molar-refractivity contribution in [2.75, 3.05) is 26.9 Å². The number of quaternary nitrogens is 1. The van der Waals surface area contributed by atoms with Crippen LogP contribution >= 0.6 is 0 Å². The highest BCUT2D eigenvalue weighted by atomic mass is 19.4. The van der Waals surface area contributed by atoms with Gasteiger partial charge in [-0.2, -0.15) is 13.2 Å². The highest BCUT2D eigenvalue weighted by Gasteiger charge is 2.69. The van der Waals surface area contributed by atoms with Crippen LogP contribution in [0.4, 0.5) is 34.9 Å². The summed E-state index contributed by atoms with van der Waals surface area (Å²) in [5, 5.41) is 0. The molecule has 1 heterocycles. The van der Waals surface area contributed by atoms with Crippen LogP contribution in [0.25, 0.3) is 0 Å². The lowest BCUT2D eigenvalue weighted by atomic mass is 9.80. The normalized spacial score (nSPS) is 18.2. The fourth-order valence-corrected chi connectivity index (χ4v) is 1.41. The maximum Gasteiger partial charge on any atom is 0.558 e. The molecule has 0 radical (unpaired) electrons. The number of halogens is 8. The first-order valence-electron chi connectivity index (χ1n) is 5.40. The zero-order valence-corrected chi connectivity index (χ0v) is 10.0. The number of hydrogen-bond donors (Lipinski definition) is 1. The van der Waals surface area contributed by atoms with Gasteiger partial charge in [0.15, 0.2) is 6.73 Å². The Bertz CT molecular complexity index is 244. The molecule has 0 aromatic carbocycles. The minimum absolute atomic E-state index is 0.903. The summed E-state index contributed by atoms with van der Waals surface area (Å²) in [5.41, 5.74) is 0. The summed E-state index contributed by atoms with van der Waals surface area (Å²) in [5.74, 6) is -6.56. The van der Waals surface area contributed by atoms with Crippen LogP contribution in [0.2, 0.25) is 0 Å². The molecule has 116 valence electrons. The van der Waals surface area contributed by atoms with E-state index >= 15 is 0 Å². The number of nitrogens with one attached hydrogen (secondary N) is 1. The summed E-state index contributed by atoms with van der Waals surface area (Å²) in [7, 11) is 1.77. The van der Waals surface area contributed by atoms with Crippen LogP contribution in [0.1, 0.15) is 12.8 Å². The first-order chi connectivity index (χ1) is 8.43. The van der Waals surface area contributed by atoms with E-state index in [-0.39, 0.29) is 0 Å². The smallest absolute Gasteiger partial charge is 0.445 e. The number of methoxy groups -OCH3 is 1. The highest BCUT2D eigenvalue weighted by molar-refractivity contribution is 6.61. The largest absolute Gasteiger partial charge is 0.558 e. The Labute approximate surface area is 104 Å². The van der Waals surface area contributed by atoms with Crippen LogP contribution in [0.3, 0.4) is 0 Å².